The predicted octanol–water partition coefficient (Wildman–Crippen LogP) is 2.39. The molecule has 3 N–H and O–H groups in total. The zero-order valence-corrected chi connectivity index (χ0v) is 13.4. The Morgan fingerprint density at radius 1 is 1.41 bits per heavy atom. The molecule has 0 aromatic heterocycles. The highest BCUT2D eigenvalue weighted by Gasteiger charge is 2.39. The summed E-state index contributed by atoms with van der Waals surface area (Å²) in [5.41, 5.74) is 3.68. The van der Waals surface area contributed by atoms with Crippen molar-refractivity contribution < 1.29 is 9.84 Å². The fourth-order valence-electron chi connectivity index (χ4n) is 3.56. The van der Waals surface area contributed by atoms with Gasteiger partial charge in [-0.05, 0) is 67.1 Å². The Bertz CT molecular complexity index is 591. The van der Waals surface area contributed by atoms with Crippen LogP contribution in [0.2, 0.25) is 0 Å². The third-order valence-electron chi connectivity index (χ3n) is 4.64. The van der Waals surface area contributed by atoms with Crippen LogP contribution in [0.5, 0.6) is 11.5 Å². The summed E-state index contributed by atoms with van der Waals surface area (Å²) < 4.78 is 5.06. The topological polar surface area (TPSA) is 65.9 Å². The highest BCUT2D eigenvalue weighted by atomic mass is 32.1. The summed E-state index contributed by atoms with van der Waals surface area (Å²) in [6.45, 7) is 0. The summed E-state index contributed by atoms with van der Waals surface area (Å²) in [5.74, 6) is 2.20. The van der Waals surface area contributed by atoms with Crippen molar-refractivity contribution in [1.29, 1.82) is 0 Å². The minimum absolute atomic E-state index is 0.112. The second-order valence-corrected chi connectivity index (χ2v) is 6.46. The van der Waals surface area contributed by atoms with Crippen molar-refractivity contribution in [1.82, 2.24) is 10.7 Å². The molecule has 3 rings (SSSR count). The van der Waals surface area contributed by atoms with Gasteiger partial charge in [0.2, 0.25) is 0 Å². The Labute approximate surface area is 135 Å². The zero-order valence-electron chi connectivity index (χ0n) is 12.6. The Morgan fingerprint density at radius 2 is 2.27 bits per heavy atom. The summed E-state index contributed by atoms with van der Waals surface area (Å²) in [6, 6.07) is 5.55. The number of phenolic OH excluding ortho intramolecular Hbond substituents is 1. The van der Waals surface area contributed by atoms with Crippen LogP contribution >= 0.6 is 12.2 Å². The van der Waals surface area contributed by atoms with E-state index in [4.69, 9.17) is 17.0 Å². The molecule has 2 bridgehead atoms. The van der Waals surface area contributed by atoms with Crippen molar-refractivity contribution in [3.63, 3.8) is 0 Å². The maximum absolute atomic E-state index is 9.54. The summed E-state index contributed by atoms with van der Waals surface area (Å²) in [5, 5.41) is 17.6. The van der Waals surface area contributed by atoms with Gasteiger partial charge in [0, 0.05) is 6.04 Å². The number of thiocarbonyl (C=S) groups is 1. The minimum Gasteiger partial charge on any atom is -0.504 e. The van der Waals surface area contributed by atoms with E-state index in [1.165, 1.54) is 32.8 Å². The minimum atomic E-state index is 0.112. The Balaban J connectivity index is 1.50. The molecule has 3 atom stereocenters. The van der Waals surface area contributed by atoms with Crippen LogP contribution in [-0.4, -0.2) is 29.6 Å². The van der Waals surface area contributed by atoms with E-state index in [1.807, 2.05) is 0 Å². The van der Waals surface area contributed by atoms with Crippen LogP contribution in [0.4, 0.5) is 0 Å². The highest BCUT2D eigenvalue weighted by molar-refractivity contribution is 7.80. The van der Waals surface area contributed by atoms with Gasteiger partial charge in [0.1, 0.15) is 0 Å². The Morgan fingerprint density at radius 3 is 2.95 bits per heavy atom. The first-order valence-corrected chi connectivity index (χ1v) is 8.03. The lowest BCUT2D eigenvalue weighted by Gasteiger charge is -2.23. The van der Waals surface area contributed by atoms with Crippen LogP contribution in [0.1, 0.15) is 31.2 Å². The van der Waals surface area contributed by atoms with Gasteiger partial charge in [-0.1, -0.05) is 6.42 Å². The molecule has 0 spiro atoms. The standard InChI is InChI=1S/C16H21N3O2S/c1-21-15-8-11(3-5-14(15)20)9-17-19-16(22)18-13-7-10-2-4-12(13)6-10/h3,5,8-10,12-13,20H,2,4,6-7H2,1H3,(H2,18,19,22)/b17-9+/t10-,12+,13-/m0/s1. The number of fused-ring (bicyclic) bond motifs is 2. The number of methoxy groups -OCH3 is 1. The van der Waals surface area contributed by atoms with Crippen molar-refractivity contribution in [2.75, 3.05) is 7.11 Å². The third kappa shape index (κ3) is 3.32. The number of hydrazone groups is 1. The van der Waals surface area contributed by atoms with Gasteiger partial charge in [-0.25, -0.2) is 0 Å². The first kappa shape index (κ1) is 15.1. The van der Waals surface area contributed by atoms with Crippen molar-refractivity contribution in [3.05, 3.63) is 23.8 Å². The summed E-state index contributed by atoms with van der Waals surface area (Å²) >= 11 is 5.29. The Hall–Kier alpha value is -1.82. The largest absolute Gasteiger partial charge is 0.504 e. The van der Waals surface area contributed by atoms with Gasteiger partial charge in [0.15, 0.2) is 16.6 Å². The molecule has 6 heteroatoms. The average Bonchev–Trinajstić information content (AvgIpc) is 3.11. The first-order chi connectivity index (χ1) is 10.7. The van der Waals surface area contributed by atoms with Crippen LogP contribution in [0.25, 0.3) is 0 Å². The van der Waals surface area contributed by atoms with Crippen LogP contribution in [-0.2, 0) is 0 Å². The van der Waals surface area contributed by atoms with Crippen LogP contribution < -0.4 is 15.5 Å². The lowest BCUT2D eigenvalue weighted by atomic mass is 9.96. The van der Waals surface area contributed by atoms with E-state index in [0.717, 1.165) is 17.4 Å². The fraction of sp³-hybridized carbons (Fsp3) is 0.500. The van der Waals surface area contributed by atoms with Crippen LogP contribution in [0.15, 0.2) is 23.3 Å². The fourth-order valence-corrected chi connectivity index (χ4v) is 3.77. The second-order valence-electron chi connectivity index (χ2n) is 6.06. The van der Waals surface area contributed by atoms with Crippen molar-refractivity contribution in [2.24, 2.45) is 16.9 Å². The van der Waals surface area contributed by atoms with Gasteiger partial charge in [-0.3, -0.25) is 5.43 Å². The third-order valence-corrected chi connectivity index (χ3v) is 4.85. The predicted molar refractivity (Wildman–Crippen MR) is 90.4 cm³/mol. The molecule has 2 aliphatic rings. The zero-order chi connectivity index (χ0) is 15.5. The average molecular weight is 319 g/mol. The van der Waals surface area contributed by atoms with Crippen molar-refractivity contribution in [3.8, 4) is 11.5 Å². The smallest absolute Gasteiger partial charge is 0.187 e. The monoisotopic (exact) mass is 319 g/mol. The Kier molecular flexibility index (Phi) is 4.47. The molecule has 0 unspecified atom stereocenters. The van der Waals surface area contributed by atoms with Gasteiger partial charge in [-0.15, -0.1) is 0 Å². The molecule has 0 amide bonds. The van der Waals surface area contributed by atoms with Crippen molar-refractivity contribution in [2.45, 2.75) is 31.7 Å². The van der Waals surface area contributed by atoms with Gasteiger partial charge in [0.05, 0.1) is 13.3 Å². The number of benzene rings is 1. The molecule has 2 saturated carbocycles. The summed E-state index contributed by atoms with van der Waals surface area (Å²) in [6.07, 6.45) is 6.92. The number of phenols is 1. The SMILES string of the molecule is COc1cc(/C=N/NC(=S)N[C@H]2C[C@H]3CC[C@@H]2C3)ccc1O. The number of nitrogens with zero attached hydrogens (tertiary/aromatic N) is 1. The molecule has 0 saturated heterocycles. The van der Waals surface area contributed by atoms with Crippen LogP contribution in [0.3, 0.4) is 0 Å². The number of nitrogens with one attached hydrogen (secondary N) is 2. The maximum atomic E-state index is 9.54. The highest BCUT2D eigenvalue weighted by Crippen LogP contribution is 2.44. The maximum Gasteiger partial charge on any atom is 0.187 e. The van der Waals surface area contributed by atoms with E-state index >= 15 is 0 Å². The number of hydrogen-bond donors (Lipinski definition) is 3. The molecule has 0 radical (unpaired) electrons. The first-order valence-electron chi connectivity index (χ1n) is 7.62. The molecule has 0 heterocycles. The molecular formula is C16H21N3O2S. The number of rotatable bonds is 4. The van der Waals surface area contributed by atoms with E-state index in [9.17, 15) is 5.11 Å². The van der Waals surface area contributed by atoms with E-state index < -0.39 is 0 Å². The molecule has 0 aliphatic heterocycles. The lowest BCUT2D eigenvalue weighted by molar-refractivity contribution is 0.373. The number of hydrogen-bond acceptors (Lipinski definition) is 4. The molecule has 1 aromatic rings. The van der Waals surface area contributed by atoms with Crippen molar-refractivity contribution >= 4 is 23.5 Å². The molecule has 22 heavy (non-hydrogen) atoms. The number of ether oxygens (including phenoxy) is 1. The quantitative estimate of drug-likeness (QED) is 0.452. The van der Waals surface area contributed by atoms with Gasteiger partial charge in [-0.2, -0.15) is 5.10 Å². The number of aromatic hydroxyl groups is 1. The van der Waals surface area contributed by atoms with Gasteiger partial charge in [0.25, 0.3) is 0 Å². The normalized spacial score (nSPS) is 26.3. The van der Waals surface area contributed by atoms with Gasteiger partial charge >= 0.3 is 0 Å². The van der Waals surface area contributed by atoms with Gasteiger partial charge < -0.3 is 15.2 Å². The molecule has 118 valence electrons. The van der Waals surface area contributed by atoms with E-state index in [1.54, 1.807) is 24.4 Å². The van der Waals surface area contributed by atoms with E-state index in [0.29, 0.717) is 16.9 Å². The molecule has 2 fully saturated rings. The second kappa shape index (κ2) is 6.52. The van der Waals surface area contributed by atoms with E-state index in [-0.39, 0.29) is 5.75 Å². The van der Waals surface area contributed by atoms with Crippen LogP contribution in [0, 0.1) is 11.8 Å². The lowest BCUT2D eigenvalue weighted by Crippen LogP contribution is -2.42. The molecular weight excluding hydrogens is 298 g/mol. The summed E-state index contributed by atoms with van der Waals surface area (Å²) in [4.78, 5) is 0. The summed E-state index contributed by atoms with van der Waals surface area (Å²) in [7, 11) is 1.52. The molecule has 5 nitrogen and oxygen atoms in total. The molecule has 1 aromatic carbocycles. The molecule has 2 aliphatic carbocycles. The van der Waals surface area contributed by atoms with E-state index in [2.05, 4.69) is 15.8 Å².